The van der Waals surface area contributed by atoms with Crippen molar-refractivity contribution in [3.05, 3.63) is 0 Å². The fraction of sp³-hybridized carbons (Fsp3) is 1.00. The van der Waals surface area contributed by atoms with Crippen molar-refractivity contribution < 1.29 is 14.2 Å². The van der Waals surface area contributed by atoms with Gasteiger partial charge in [-0.15, -0.1) is 0 Å². The highest BCUT2D eigenvalue weighted by atomic mass is 35.5. The van der Waals surface area contributed by atoms with E-state index in [0.29, 0.717) is 0 Å². The molecular formula is C5H8ClFO2. The van der Waals surface area contributed by atoms with E-state index in [0.717, 1.165) is 0 Å². The van der Waals surface area contributed by atoms with Gasteiger partial charge in [0.2, 0.25) is 0 Å². The standard InChI is InChI=1S/C5H8ClFO2/c6-5-4(7)1-3(2-8)9-5/h3-5,8H,1-2H2/t3?,4?,5-/m0/s1. The first-order chi connectivity index (χ1) is 4.24. The Hall–Kier alpha value is 0.140. The van der Waals surface area contributed by atoms with Crippen LogP contribution in [-0.4, -0.2) is 29.6 Å². The fourth-order valence-electron chi connectivity index (χ4n) is 0.800. The molecule has 1 fully saturated rings. The summed E-state index contributed by atoms with van der Waals surface area (Å²) in [4.78, 5) is 0. The first kappa shape index (κ1) is 7.25. The van der Waals surface area contributed by atoms with Crippen molar-refractivity contribution in [1.82, 2.24) is 0 Å². The molecule has 0 spiro atoms. The second-order valence-corrected chi connectivity index (χ2v) is 2.47. The van der Waals surface area contributed by atoms with Crippen molar-refractivity contribution in [2.45, 2.75) is 24.3 Å². The highest BCUT2D eigenvalue weighted by Crippen LogP contribution is 2.25. The summed E-state index contributed by atoms with van der Waals surface area (Å²) < 4.78 is 17.1. The van der Waals surface area contributed by atoms with E-state index in [-0.39, 0.29) is 13.0 Å². The molecule has 1 aliphatic rings. The number of hydrogen-bond acceptors (Lipinski definition) is 2. The molecule has 4 heteroatoms. The van der Waals surface area contributed by atoms with Crippen LogP contribution in [0.15, 0.2) is 0 Å². The Morgan fingerprint density at radius 1 is 1.78 bits per heavy atom. The van der Waals surface area contributed by atoms with Gasteiger partial charge in [-0.25, -0.2) is 4.39 Å². The van der Waals surface area contributed by atoms with Crippen LogP contribution in [0.3, 0.4) is 0 Å². The summed E-state index contributed by atoms with van der Waals surface area (Å²) >= 11 is 5.33. The molecular weight excluding hydrogens is 147 g/mol. The molecule has 0 aliphatic carbocycles. The second-order valence-electron chi connectivity index (χ2n) is 2.04. The highest BCUT2D eigenvalue weighted by Gasteiger charge is 2.33. The lowest BCUT2D eigenvalue weighted by Gasteiger charge is -2.03. The molecule has 2 nitrogen and oxygen atoms in total. The first-order valence-electron chi connectivity index (χ1n) is 2.78. The minimum absolute atomic E-state index is 0.149. The quantitative estimate of drug-likeness (QED) is 0.563. The minimum Gasteiger partial charge on any atom is -0.394 e. The largest absolute Gasteiger partial charge is 0.394 e. The number of aliphatic hydroxyl groups excluding tert-OH is 1. The van der Waals surface area contributed by atoms with Crippen molar-refractivity contribution in [1.29, 1.82) is 0 Å². The van der Waals surface area contributed by atoms with E-state index < -0.39 is 17.8 Å². The lowest BCUT2D eigenvalue weighted by atomic mass is 10.2. The van der Waals surface area contributed by atoms with Gasteiger partial charge in [0.25, 0.3) is 0 Å². The number of hydrogen-bond donors (Lipinski definition) is 1. The average Bonchev–Trinajstić information content (AvgIpc) is 2.13. The maximum atomic E-state index is 12.4. The van der Waals surface area contributed by atoms with Crippen LogP contribution in [0.2, 0.25) is 0 Å². The van der Waals surface area contributed by atoms with Gasteiger partial charge in [-0.3, -0.25) is 0 Å². The molecule has 1 heterocycles. The van der Waals surface area contributed by atoms with Gasteiger partial charge in [0.05, 0.1) is 12.7 Å². The predicted molar refractivity (Wildman–Crippen MR) is 31.1 cm³/mol. The number of alkyl halides is 2. The van der Waals surface area contributed by atoms with Crippen molar-refractivity contribution >= 4 is 11.6 Å². The van der Waals surface area contributed by atoms with Crippen LogP contribution in [0.4, 0.5) is 4.39 Å². The van der Waals surface area contributed by atoms with Crippen molar-refractivity contribution in [2.75, 3.05) is 6.61 Å². The topological polar surface area (TPSA) is 29.5 Å². The van der Waals surface area contributed by atoms with Crippen molar-refractivity contribution in [3.8, 4) is 0 Å². The third kappa shape index (κ3) is 1.53. The SMILES string of the molecule is OCC1CC(F)[C@@H](Cl)O1. The summed E-state index contributed by atoms with van der Waals surface area (Å²) in [6.07, 6.45) is -1.31. The zero-order valence-electron chi connectivity index (χ0n) is 4.76. The van der Waals surface area contributed by atoms with Crippen LogP contribution in [0.1, 0.15) is 6.42 Å². The van der Waals surface area contributed by atoms with Gasteiger partial charge >= 0.3 is 0 Å². The molecule has 0 amide bonds. The molecule has 1 saturated heterocycles. The van der Waals surface area contributed by atoms with Crippen LogP contribution in [-0.2, 0) is 4.74 Å². The maximum Gasteiger partial charge on any atom is 0.162 e. The van der Waals surface area contributed by atoms with E-state index in [1.54, 1.807) is 0 Å². The van der Waals surface area contributed by atoms with Crippen LogP contribution in [0.25, 0.3) is 0 Å². The predicted octanol–water partition coefficient (Wildman–Crippen LogP) is 0.671. The second kappa shape index (κ2) is 2.82. The Kier molecular flexibility index (Phi) is 2.27. The van der Waals surface area contributed by atoms with Gasteiger partial charge in [-0.1, -0.05) is 11.6 Å². The van der Waals surface area contributed by atoms with E-state index in [1.807, 2.05) is 0 Å². The molecule has 0 aromatic carbocycles. The van der Waals surface area contributed by atoms with E-state index in [4.69, 9.17) is 21.4 Å². The van der Waals surface area contributed by atoms with E-state index in [9.17, 15) is 4.39 Å². The molecule has 1 rings (SSSR count). The van der Waals surface area contributed by atoms with Crippen LogP contribution >= 0.6 is 11.6 Å². The monoisotopic (exact) mass is 154 g/mol. The first-order valence-corrected chi connectivity index (χ1v) is 3.22. The highest BCUT2D eigenvalue weighted by molar-refractivity contribution is 6.20. The van der Waals surface area contributed by atoms with Gasteiger partial charge in [0, 0.05) is 6.42 Å². The Bertz CT molecular complexity index is 91.0. The van der Waals surface area contributed by atoms with Gasteiger partial charge in [0.15, 0.2) is 5.56 Å². The zero-order chi connectivity index (χ0) is 6.85. The summed E-state index contributed by atoms with van der Waals surface area (Å²) in [7, 11) is 0. The lowest BCUT2D eigenvalue weighted by molar-refractivity contribution is 0.0383. The zero-order valence-corrected chi connectivity index (χ0v) is 5.51. The average molecular weight is 155 g/mol. The molecule has 1 aliphatic heterocycles. The normalized spacial score (nSPS) is 43.7. The molecule has 1 N–H and O–H groups in total. The van der Waals surface area contributed by atoms with Crippen molar-refractivity contribution in [2.24, 2.45) is 0 Å². The van der Waals surface area contributed by atoms with Gasteiger partial charge in [-0.2, -0.15) is 0 Å². The van der Waals surface area contributed by atoms with E-state index >= 15 is 0 Å². The van der Waals surface area contributed by atoms with Crippen LogP contribution in [0, 0.1) is 0 Å². The summed E-state index contributed by atoms with van der Waals surface area (Å²) in [5.41, 5.74) is -0.859. The number of ether oxygens (including phenoxy) is 1. The van der Waals surface area contributed by atoms with Gasteiger partial charge in [-0.05, 0) is 0 Å². The molecule has 2 unspecified atom stereocenters. The van der Waals surface area contributed by atoms with Gasteiger partial charge < -0.3 is 9.84 Å². The maximum absolute atomic E-state index is 12.4. The molecule has 0 radical (unpaired) electrons. The fourth-order valence-corrected chi connectivity index (χ4v) is 1.05. The minimum atomic E-state index is -1.12. The lowest BCUT2D eigenvalue weighted by Crippen LogP contribution is -2.11. The molecule has 0 bridgehead atoms. The molecule has 0 aromatic rings. The third-order valence-corrected chi connectivity index (χ3v) is 1.67. The summed E-state index contributed by atoms with van der Waals surface area (Å²) in [6, 6.07) is 0. The van der Waals surface area contributed by atoms with E-state index in [1.165, 1.54) is 0 Å². The molecule has 0 aromatic heterocycles. The summed E-state index contributed by atoms with van der Waals surface area (Å²) in [5.74, 6) is 0. The summed E-state index contributed by atoms with van der Waals surface area (Å²) in [6.45, 7) is -0.149. The third-order valence-electron chi connectivity index (χ3n) is 1.30. The summed E-state index contributed by atoms with van der Waals surface area (Å²) in [5, 5.41) is 8.45. The van der Waals surface area contributed by atoms with Crippen LogP contribution in [0.5, 0.6) is 0 Å². The van der Waals surface area contributed by atoms with Gasteiger partial charge in [0.1, 0.15) is 6.17 Å². The Balaban J connectivity index is 2.35. The number of aliphatic hydroxyl groups is 1. The molecule has 0 saturated carbocycles. The van der Waals surface area contributed by atoms with E-state index in [2.05, 4.69) is 0 Å². The van der Waals surface area contributed by atoms with Crippen molar-refractivity contribution in [3.63, 3.8) is 0 Å². The smallest absolute Gasteiger partial charge is 0.162 e. The molecule has 3 atom stereocenters. The molecule has 9 heavy (non-hydrogen) atoms. The Labute approximate surface area is 57.6 Å². The molecule has 54 valence electrons. The number of rotatable bonds is 1. The number of halogens is 2. The Morgan fingerprint density at radius 2 is 2.44 bits per heavy atom. The van der Waals surface area contributed by atoms with Crippen LogP contribution < -0.4 is 0 Å². The Morgan fingerprint density at radius 3 is 2.67 bits per heavy atom.